The van der Waals surface area contributed by atoms with Gasteiger partial charge in [0.1, 0.15) is 5.82 Å². The fourth-order valence-electron chi connectivity index (χ4n) is 3.37. The van der Waals surface area contributed by atoms with E-state index in [2.05, 4.69) is 15.5 Å². The number of carbonyl (C=O) groups is 2. The number of morpholine rings is 1. The molecule has 168 valence electrons. The second-order valence-corrected chi connectivity index (χ2v) is 9.80. The van der Waals surface area contributed by atoms with Gasteiger partial charge in [-0.25, -0.2) is 4.39 Å². The molecule has 2 heterocycles. The van der Waals surface area contributed by atoms with Gasteiger partial charge in [0.25, 0.3) is 5.91 Å². The Morgan fingerprint density at radius 1 is 1.19 bits per heavy atom. The summed E-state index contributed by atoms with van der Waals surface area (Å²) in [6.45, 7) is 10.5. The van der Waals surface area contributed by atoms with Crippen molar-refractivity contribution in [3.8, 4) is 0 Å². The molecule has 8 heteroatoms. The maximum atomic E-state index is 13.4. The summed E-state index contributed by atoms with van der Waals surface area (Å²) in [6, 6.07) is 8.16. The first-order chi connectivity index (χ1) is 14.6. The van der Waals surface area contributed by atoms with E-state index in [-0.39, 0.29) is 23.7 Å². The van der Waals surface area contributed by atoms with Crippen LogP contribution >= 0.6 is 11.3 Å². The van der Waals surface area contributed by atoms with Crippen LogP contribution in [0.15, 0.2) is 30.3 Å². The molecule has 6 nitrogen and oxygen atoms in total. The van der Waals surface area contributed by atoms with E-state index in [1.165, 1.54) is 23.5 Å². The van der Waals surface area contributed by atoms with Crippen molar-refractivity contribution in [1.82, 2.24) is 10.2 Å². The normalized spacial score (nSPS) is 16.0. The summed E-state index contributed by atoms with van der Waals surface area (Å²) in [4.78, 5) is 28.0. The lowest BCUT2D eigenvalue weighted by atomic mass is 9.96. The van der Waals surface area contributed by atoms with Gasteiger partial charge in [-0.1, -0.05) is 32.9 Å². The highest BCUT2D eigenvalue weighted by molar-refractivity contribution is 7.18. The third-order valence-corrected chi connectivity index (χ3v) is 6.39. The summed E-state index contributed by atoms with van der Waals surface area (Å²) >= 11 is 1.27. The van der Waals surface area contributed by atoms with Crippen LogP contribution in [0.4, 0.5) is 9.39 Å². The molecule has 0 saturated carbocycles. The van der Waals surface area contributed by atoms with Gasteiger partial charge in [-0.05, 0) is 36.2 Å². The van der Waals surface area contributed by atoms with E-state index in [1.54, 1.807) is 12.1 Å². The number of hydrogen-bond donors (Lipinski definition) is 2. The Morgan fingerprint density at radius 3 is 2.45 bits per heavy atom. The van der Waals surface area contributed by atoms with Crippen LogP contribution in [0.5, 0.6) is 0 Å². The predicted octanol–water partition coefficient (Wildman–Crippen LogP) is 3.98. The van der Waals surface area contributed by atoms with Crippen molar-refractivity contribution in [1.29, 1.82) is 0 Å². The number of anilines is 1. The number of amides is 2. The van der Waals surface area contributed by atoms with Crippen LogP contribution in [-0.2, 0) is 9.53 Å². The molecule has 2 N–H and O–H groups in total. The topological polar surface area (TPSA) is 70.7 Å². The predicted molar refractivity (Wildman–Crippen MR) is 121 cm³/mol. The number of aryl methyl sites for hydroxylation is 1. The van der Waals surface area contributed by atoms with Crippen LogP contribution < -0.4 is 10.6 Å². The highest BCUT2D eigenvalue weighted by Crippen LogP contribution is 2.29. The fraction of sp³-hybridized carbons (Fsp3) is 0.478. The molecule has 2 aromatic rings. The second kappa shape index (κ2) is 9.89. The number of hydrogen-bond acceptors (Lipinski definition) is 5. The summed E-state index contributed by atoms with van der Waals surface area (Å²) in [5.41, 5.74) is 1.25. The number of ether oxygens (including phenoxy) is 1. The van der Waals surface area contributed by atoms with Gasteiger partial charge in [0.2, 0.25) is 5.91 Å². The molecular weight excluding hydrogens is 417 g/mol. The van der Waals surface area contributed by atoms with Crippen LogP contribution in [0, 0.1) is 18.2 Å². The summed E-state index contributed by atoms with van der Waals surface area (Å²) in [7, 11) is 0. The Kier molecular flexibility index (Phi) is 7.46. The van der Waals surface area contributed by atoms with Gasteiger partial charge in [0.15, 0.2) is 0 Å². The fourth-order valence-corrected chi connectivity index (χ4v) is 4.35. The molecule has 1 saturated heterocycles. The molecule has 2 amide bonds. The Hall–Kier alpha value is -2.29. The van der Waals surface area contributed by atoms with E-state index in [0.717, 1.165) is 24.2 Å². The van der Waals surface area contributed by atoms with Crippen LogP contribution in [0.2, 0.25) is 0 Å². The zero-order valence-corrected chi connectivity index (χ0v) is 19.3. The highest BCUT2D eigenvalue weighted by atomic mass is 32.1. The Labute approximate surface area is 186 Å². The molecule has 1 aromatic heterocycles. The van der Waals surface area contributed by atoms with Gasteiger partial charge in [0, 0.05) is 25.0 Å². The lowest BCUT2D eigenvalue weighted by Gasteiger charge is -2.35. The van der Waals surface area contributed by atoms with Crippen molar-refractivity contribution in [2.75, 3.05) is 38.2 Å². The van der Waals surface area contributed by atoms with Gasteiger partial charge >= 0.3 is 0 Å². The average molecular weight is 448 g/mol. The first-order valence-electron chi connectivity index (χ1n) is 10.4. The molecule has 1 atom stereocenters. The van der Waals surface area contributed by atoms with Gasteiger partial charge in [-0.15, -0.1) is 11.3 Å². The number of nitrogens with one attached hydrogen (secondary N) is 2. The van der Waals surface area contributed by atoms with Gasteiger partial charge in [-0.3, -0.25) is 14.5 Å². The minimum Gasteiger partial charge on any atom is -0.379 e. The molecular formula is C23H30FN3O3S. The molecule has 31 heavy (non-hydrogen) atoms. The number of thiophene rings is 1. The minimum absolute atomic E-state index is 0.0752. The molecule has 1 fully saturated rings. The maximum Gasteiger partial charge on any atom is 0.261 e. The Balaban J connectivity index is 1.70. The van der Waals surface area contributed by atoms with E-state index in [0.29, 0.717) is 29.6 Å². The van der Waals surface area contributed by atoms with Crippen LogP contribution in [-0.4, -0.2) is 49.6 Å². The standard InChI is InChI=1S/C23H30FN3O3S/c1-15-13-19(26-22(29)23(2,3)4)31-20(15)21(28)25-14-18(27-9-11-30-12-10-27)16-5-7-17(24)8-6-16/h5-8,13,18H,9-12,14H2,1-4H3,(H,25,28)(H,26,29)/t18-/m0/s1. The summed E-state index contributed by atoms with van der Waals surface area (Å²) in [5, 5.41) is 6.58. The third kappa shape index (κ3) is 6.12. The van der Waals surface area contributed by atoms with Crippen LogP contribution in [0.1, 0.15) is 47.6 Å². The van der Waals surface area contributed by atoms with Crippen LogP contribution in [0.3, 0.4) is 0 Å². The van der Waals surface area contributed by atoms with Crippen molar-refractivity contribution in [2.45, 2.75) is 33.7 Å². The molecule has 1 aliphatic rings. The lowest BCUT2D eigenvalue weighted by molar-refractivity contribution is -0.123. The van der Waals surface area contributed by atoms with Crippen molar-refractivity contribution >= 4 is 28.2 Å². The minimum atomic E-state index is -0.513. The molecule has 3 rings (SSSR count). The zero-order chi connectivity index (χ0) is 22.6. The Morgan fingerprint density at radius 2 is 1.84 bits per heavy atom. The molecule has 0 unspecified atom stereocenters. The van der Waals surface area contributed by atoms with Gasteiger partial charge < -0.3 is 15.4 Å². The van der Waals surface area contributed by atoms with E-state index in [9.17, 15) is 14.0 Å². The summed E-state index contributed by atoms with van der Waals surface area (Å²) in [6.07, 6.45) is 0. The third-order valence-electron chi connectivity index (χ3n) is 5.24. The molecule has 0 aliphatic carbocycles. The van der Waals surface area contributed by atoms with Crippen molar-refractivity contribution in [3.05, 3.63) is 52.2 Å². The van der Waals surface area contributed by atoms with Gasteiger partial charge in [-0.2, -0.15) is 0 Å². The molecule has 0 radical (unpaired) electrons. The van der Waals surface area contributed by atoms with E-state index in [1.807, 2.05) is 33.8 Å². The molecule has 0 spiro atoms. The Bertz CT molecular complexity index is 915. The first kappa shape index (κ1) is 23.4. The van der Waals surface area contributed by atoms with Crippen molar-refractivity contribution in [2.24, 2.45) is 5.41 Å². The molecule has 0 bridgehead atoms. The van der Waals surface area contributed by atoms with E-state index in [4.69, 9.17) is 4.74 Å². The monoisotopic (exact) mass is 447 g/mol. The molecule has 1 aromatic carbocycles. The lowest BCUT2D eigenvalue weighted by Crippen LogP contribution is -2.43. The van der Waals surface area contributed by atoms with Crippen LogP contribution in [0.25, 0.3) is 0 Å². The SMILES string of the molecule is Cc1cc(NC(=O)C(C)(C)C)sc1C(=O)NC[C@@H](c1ccc(F)cc1)N1CCOCC1. The zero-order valence-electron chi connectivity index (χ0n) is 18.5. The highest BCUT2D eigenvalue weighted by Gasteiger charge is 2.25. The number of rotatable bonds is 6. The van der Waals surface area contributed by atoms with E-state index < -0.39 is 5.41 Å². The van der Waals surface area contributed by atoms with Crippen molar-refractivity contribution < 1.29 is 18.7 Å². The number of carbonyl (C=O) groups excluding carboxylic acids is 2. The molecule has 1 aliphatic heterocycles. The van der Waals surface area contributed by atoms with Crippen molar-refractivity contribution in [3.63, 3.8) is 0 Å². The second-order valence-electron chi connectivity index (χ2n) is 8.75. The number of halogens is 1. The smallest absolute Gasteiger partial charge is 0.261 e. The first-order valence-corrected chi connectivity index (χ1v) is 11.2. The summed E-state index contributed by atoms with van der Waals surface area (Å²) < 4.78 is 18.9. The number of benzene rings is 1. The number of nitrogens with zero attached hydrogens (tertiary/aromatic N) is 1. The largest absolute Gasteiger partial charge is 0.379 e. The average Bonchev–Trinajstić information content (AvgIpc) is 3.09. The maximum absolute atomic E-state index is 13.4. The van der Waals surface area contributed by atoms with Gasteiger partial charge in [0.05, 0.1) is 29.1 Å². The summed E-state index contributed by atoms with van der Waals surface area (Å²) in [5.74, 6) is -0.559. The quantitative estimate of drug-likeness (QED) is 0.703. The van der Waals surface area contributed by atoms with E-state index >= 15 is 0 Å².